The standard InChI is InChI=1S/C24H24N6/c1-15-16(2)20(14-30-24-12-8-6-10-22(24)26-28-30)18(4)17(3)19(15)13-29-23-11-7-5-9-21(23)25-27-29/h5-12H,13-14H2,1-4H3. The van der Waals surface area contributed by atoms with Gasteiger partial charge in [0, 0.05) is 0 Å². The lowest BCUT2D eigenvalue weighted by Gasteiger charge is -2.21. The van der Waals surface area contributed by atoms with Crippen LogP contribution in [0.2, 0.25) is 0 Å². The normalized spacial score (nSPS) is 11.6. The second kappa shape index (κ2) is 7.06. The Kier molecular flexibility index (Phi) is 4.35. The number of fused-ring (bicyclic) bond motifs is 2. The molecule has 5 aromatic rings. The summed E-state index contributed by atoms with van der Waals surface area (Å²) in [5, 5.41) is 17.4. The molecule has 3 aromatic carbocycles. The van der Waals surface area contributed by atoms with E-state index in [1.807, 2.05) is 45.8 Å². The van der Waals surface area contributed by atoms with Crippen LogP contribution in [0.1, 0.15) is 33.4 Å². The topological polar surface area (TPSA) is 61.4 Å². The smallest absolute Gasteiger partial charge is 0.113 e. The van der Waals surface area contributed by atoms with Gasteiger partial charge in [0.05, 0.1) is 24.1 Å². The highest BCUT2D eigenvalue weighted by atomic mass is 15.4. The Hall–Kier alpha value is -3.54. The predicted octanol–water partition coefficient (Wildman–Crippen LogP) is 4.51. The SMILES string of the molecule is Cc1c(C)c(Cn2nnc3ccccc32)c(C)c(C)c1Cn1nnc2ccccc21. The molecule has 0 atom stereocenters. The van der Waals surface area contributed by atoms with Gasteiger partial charge in [0.2, 0.25) is 0 Å². The van der Waals surface area contributed by atoms with Crippen LogP contribution in [0.15, 0.2) is 48.5 Å². The quantitative estimate of drug-likeness (QED) is 0.449. The maximum absolute atomic E-state index is 4.39. The van der Waals surface area contributed by atoms with E-state index in [0.29, 0.717) is 13.1 Å². The molecular weight excluding hydrogens is 372 g/mol. The van der Waals surface area contributed by atoms with Crippen molar-refractivity contribution in [3.63, 3.8) is 0 Å². The van der Waals surface area contributed by atoms with Gasteiger partial charge in [-0.2, -0.15) is 0 Å². The maximum Gasteiger partial charge on any atom is 0.113 e. The molecule has 6 nitrogen and oxygen atoms in total. The highest BCUT2D eigenvalue weighted by Gasteiger charge is 2.17. The molecule has 6 heteroatoms. The van der Waals surface area contributed by atoms with Crippen LogP contribution in [0.3, 0.4) is 0 Å². The fourth-order valence-corrected chi connectivity index (χ4v) is 4.31. The lowest BCUT2D eigenvalue weighted by atomic mass is 9.88. The fourth-order valence-electron chi connectivity index (χ4n) is 4.31. The van der Waals surface area contributed by atoms with Gasteiger partial charge >= 0.3 is 0 Å². The van der Waals surface area contributed by atoms with Crippen molar-refractivity contribution < 1.29 is 0 Å². The van der Waals surface area contributed by atoms with E-state index in [0.717, 1.165) is 22.1 Å². The van der Waals surface area contributed by atoms with E-state index in [2.05, 4.69) is 60.5 Å². The van der Waals surface area contributed by atoms with Crippen LogP contribution in [0.4, 0.5) is 0 Å². The Morgan fingerprint density at radius 3 is 1.33 bits per heavy atom. The van der Waals surface area contributed by atoms with Crippen molar-refractivity contribution in [2.75, 3.05) is 0 Å². The third-order valence-corrected chi connectivity index (χ3v) is 6.39. The third kappa shape index (κ3) is 2.87. The zero-order chi connectivity index (χ0) is 20.8. The minimum Gasteiger partial charge on any atom is -0.240 e. The molecule has 5 rings (SSSR count). The summed E-state index contributed by atoms with van der Waals surface area (Å²) in [7, 11) is 0. The van der Waals surface area contributed by atoms with Crippen molar-refractivity contribution in [3.8, 4) is 0 Å². The molecular formula is C24H24N6. The van der Waals surface area contributed by atoms with Gasteiger partial charge in [0.15, 0.2) is 0 Å². The Labute approximate surface area is 175 Å². The molecule has 30 heavy (non-hydrogen) atoms. The van der Waals surface area contributed by atoms with Crippen molar-refractivity contribution in [3.05, 3.63) is 81.9 Å². The van der Waals surface area contributed by atoms with Crippen molar-refractivity contribution in [2.24, 2.45) is 0 Å². The first kappa shape index (κ1) is 18.5. The van der Waals surface area contributed by atoms with E-state index in [-0.39, 0.29) is 0 Å². The number of aromatic nitrogens is 6. The van der Waals surface area contributed by atoms with Gasteiger partial charge in [-0.25, -0.2) is 9.36 Å². The lowest BCUT2D eigenvalue weighted by Crippen LogP contribution is -2.13. The second-order valence-electron chi connectivity index (χ2n) is 7.93. The molecule has 2 heterocycles. The minimum atomic E-state index is 0.715. The number of rotatable bonds is 4. The predicted molar refractivity (Wildman–Crippen MR) is 119 cm³/mol. The molecule has 0 bridgehead atoms. The van der Waals surface area contributed by atoms with Crippen LogP contribution < -0.4 is 0 Å². The minimum absolute atomic E-state index is 0.715. The molecule has 150 valence electrons. The van der Waals surface area contributed by atoms with E-state index < -0.39 is 0 Å². The van der Waals surface area contributed by atoms with Gasteiger partial charge < -0.3 is 0 Å². The molecule has 0 fully saturated rings. The first-order valence-electron chi connectivity index (χ1n) is 10.2. The van der Waals surface area contributed by atoms with E-state index in [1.54, 1.807) is 0 Å². The number of benzene rings is 3. The van der Waals surface area contributed by atoms with Gasteiger partial charge in [-0.05, 0) is 85.3 Å². The van der Waals surface area contributed by atoms with Crippen LogP contribution in [-0.4, -0.2) is 30.0 Å². The Balaban J connectivity index is 1.57. The molecule has 2 aromatic heterocycles. The summed E-state index contributed by atoms with van der Waals surface area (Å²) in [6, 6.07) is 16.2. The van der Waals surface area contributed by atoms with E-state index in [4.69, 9.17) is 0 Å². The maximum atomic E-state index is 4.39. The number of nitrogens with zero attached hydrogens (tertiary/aromatic N) is 6. The average molecular weight is 396 g/mol. The van der Waals surface area contributed by atoms with Crippen LogP contribution >= 0.6 is 0 Å². The Bertz CT molecular complexity index is 1260. The fraction of sp³-hybridized carbons (Fsp3) is 0.250. The molecule has 0 amide bonds. The summed E-state index contributed by atoms with van der Waals surface area (Å²) in [6.07, 6.45) is 0. The highest BCUT2D eigenvalue weighted by Crippen LogP contribution is 2.29. The summed E-state index contributed by atoms with van der Waals surface area (Å²) in [6.45, 7) is 10.3. The summed E-state index contributed by atoms with van der Waals surface area (Å²) in [4.78, 5) is 0. The molecule has 0 aliphatic carbocycles. The zero-order valence-corrected chi connectivity index (χ0v) is 17.7. The van der Waals surface area contributed by atoms with Gasteiger partial charge in [-0.1, -0.05) is 34.7 Å². The molecule has 0 saturated carbocycles. The molecule has 0 radical (unpaired) electrons. The summed E-state index contributed by atoms with van der Waals surface area (Å²) in [5.41, 5.74) is 11.8. The highest BCUT2D eigenvalue weighted by molar-refractivity contribution is 5.74. The first-order valence-corrected chi connectivity index (χ1v) is 10.2. The van der Waals surface area contributed by atoms with Crippen molar-refractivity contribution in [1.29, 1.82) is 0 Å². The van der Waals surface area contributed by atoms with Gasteiger partial charge in [-0.3, -0.25) is 0 Å². The van der Waals surface area contributed by atoms with Crippen LogP contribution in [0.5, 0.6) is 0 Å². The van der Waals surface area contributed by atoms with Crippen molar-refractivity contribution >= 4 is 22.1 Å². The monoisotopic (exact) mass is 396 g/mol. The number of hydrogen-bond donors (Lipinski definition) is 0. The molecule has 0 aliphatic rings. The average Bonchev–Trinajstić information content (AvgIpc) is 3.37. The van der Waals surface area contributed by atoms with Gasteiger partial charge in [0.25, 0.3) is 0 Å². The molecule has 0 unspecified atom stereocenters. The largest absolute Gasteiger partial charge is 0.240 e. The summed E-state index contributed by atoms with van der Waals surface area (Å²) >= 11 is 0. The zero-order valence-electron chi connectivity index (χ0n) is 17.7. The van der Waals surface area contributed by atoms with Crippen LogP contribution in [0.25, 0.3) is 22.1 Å². The number of hydrogen-bond acceptors (Lipinski definition) is 4. The Morgan fingerprint density at radius 2 is 0.933 bits per heavy atom. The molecule has 0 spiro atoms. The lowest BCUT2D eigenvalue weighted by molar-refractivity contribution is 0.653. The Morgan fingerprint density at radius 1 is 0.567 bits per heavy atom. The van der Waals surface area contributed by atoms with E-state index in [9.17, 15) is 0 Å². The first-order chi connectivity index (χ1) is 14.5. The van der Waals surface area contributed by atoms with Gasteiger partial charge in [0.1, 0.15) is 11.0 Å². The van der Waals surface area contributed by atoms with Crippen molar-refractivity contribution in [1.82, 2.24) is 30.0 Å². The van der Waals surface area contributed by atoms with E-state index >= 15 is 0 Å². The molecule has 0 saturated heterocycles. The van der Waals surface area contributed by atoms with E-state index in [1.165, 1.54) is 33.4 Å². The van der Waals surface area contributed by atoms with Crippen LogP contribution in [0, 0.1) is 27.7 Å². The van der Waals surface area contributed by atoms with Crippen LogP contribution in [-0.2, 0) is 13.1 Å². The summed E-state index contributed by atoms with van der Waals surface area (Å²) in [5.74, 6) is 0. The van der Waals surface area contributed by atoms with Gasteiger partial charge in [-0.15, -0.1) is 10.2 Å². The third-order valence-electron chi connectivity index (χ3n) is 6.39. The molecule has 0 aliphatic heterocycles. The second-order valence-corrected chi connectivity index (χ2v) is 7.93. The number of para-hydroxylation sites is 2. The summed E-state index contributed by atoms with van der Waals surface area (Å²) < 4.78 is 3.99. The van der Waals surface area contributed by atoms with Crippen molar-refractivity contribution in [2.45, 2.75) is 40.8 Å². The molecule has 0 N–H and O–H groups in total.